The lowest BCUT2D eigenvalue weighted by molar-refractivity contribution is -0.113. The van der Waals surface area contributed by atoms with Crippen LogP contribution in [0.15, 0.2) is 47.6 Å². The molecule has 0 radical (unpaired) electrons. The van der Waals surface area contributed by atoms with Crippen LogP contribution in [0.4, 0.5) is 5.69 Å². The fraction of sp³-hybridized carbons (Fsp3) is 0.0625. The van der Waals surface area contributed by atoms with Gasteiger partial charge in [-0.25, -0.2) is 0 Å². The van der Waals surface area contributed by atoms with Gasteiger partial charge in [0.2, 0.25) is 6.79 Å². The number of hydrogen-bond acceptors (Lipinski definition) is 6. The first-order chi connectivity index (χ1) is 11.2. The third-order valence-corrected chi connectivity index (χ3v) is 4.69. The number of nitrogens with zero attached hydrogens (tertiary/aromatic N) is 2. The predicted molar refractivity (Wildman–Crippen MR) is 92.5 cm³/mol. The Morgan fingerprint density at radius 1 is 1.26 bits per heavy atom. The van der Waals surface area contributed by atoms with E-state index in [2.05, 4.69) is 4.98 Å². The van der Waals surface area contributed by atoms with E-state index in [0.717, 1.165) is 5.56 Å². The molecule has 0 bridgehead atoms. The number of anilines is 1. The fourth-order valence-corrected chi connectivity index (χ4v) is 3.63. The van der Waals surface area contributed by atoms with E-state index >= 15 is 0 Å². The van der Waals surface area contributed by atoms with Gasteiger partial charge in [0, 0.05) is 18.5 Å². The van der Waals surface area contributed by atoms with Crippen LogP contribution in [0.2, 0.25) is 0 Å². The minimum absolute atomic E-state index is 0.150. The Morgan fingerprint density at radius 2 is 2.13 bits per heavy atom. The second kappa shape index (κ2) is 5.68. The van der Waals surface area contributed by atoms with Crippen molar-refractivity contribution in [1.29, 1.82) is 0 Å². The van der Waals surface area contributed by atoms with Crippen LogP contribution < -0.4 is 14.4 Å². The van der Waals surface area contributed by atoms with Crippen molar-refractivity contribution in [1.82, 2.24) is 4.98 Å². The van der Waals surface area contributed by atoms with Gasteiger partial charge in [-0.05, 0) is 29.8 Å². The molecular weight excluding hydrogens is 332 g/mol. The number of aromatic nitrogens is 1. The van der Waals surface area contributed by atoms with Crippen molar-refractivity contribution in [2.75, 3.05) is 11.7 Å². The molecule has 0 spiro atoms. The zero-order valence-corrected chi connectivity index (χ0v) is 13.4. The van der Waals surface area contributed by atoms with Crippen LogP contribution in [0.3, 0.4) is 0 Å². The van der Waals surface area contributed by atoms with E-state index in [9.17, 15) is 4.79 Å². The molecule has 0 saturated carbocycles. The van der Waals surface area contributed by atoms with Crippen molar-refractivity contribution >= 4 is 46.0 Å². The highest BCUT2D eigenvalue weighted by molar-refractivity contribution is 8.27. The fourth-order valence-electron chi connectivity index (χ4n) is 2.33. The standard InChI is InChI=1S/C16H10N2O3S2/c19-15-14(6-10-2-1-5-17-8-10)23-16(22)18(15)11-3-4-12-13(7-11)21-9-20-12/h1-8H,9H2/b14-6+. The van der Waals surface area contributed by atoms with Crippen LogP contribution in [-0.4, -0.2) is 22.0 Å². The first-order valence-electron chi connectivity index (χ1n) is 6.80. The molecule has 0 unspecified atom stereocenters. The highest BCUT2D eigenvalue weighted by Gasteiger charge is 2.34. The molecule has 4 rings (SSSR count). The summed E-state index contributed by atoms with van der Waals surface area (Å²) in [7, 11) is 0. The monoisotopic (exact) mass is 342 g/mol. The maximum Gasteiger partial charge on any atom is 0.270 e. The molecule has 1 fully saturated rings. The number of ether oxygens (including phenoxy) is 2. The molecule has 5 nitrogen and oxygen atoms in total. The van der Waals surface area contributed by atoms with Crippen LogP contribution in [0.1, 0.15) is 5.56 Å². The first-order valence-corrected chi connectivity index (χ1v) is 8.02. The van der Waals surface area contributed by atoms with E-state index in [1.807, 2.05) is 12.1 Å². The Morgan fingerprint density at radius 3 is 2.96 bits per heavy atom. The number of thioether (sulfide) groups is 1. The molecule has 3 heterocycles. The van der Waals surface area contributed by atoms with E-state index in [0.29, 0.717) is 26.4 Å². The molecule has 114 valence electrons. The van der Waals surface area contributed by atoms with Gasteiger partial charge in [-0.1, -0.05) is 30.0 Å². The lowest BCUT2D eigenvalue weighted by Gasteiger charge is -2.14. The van der Waals surface area contributed by atoms with Crippen LogP contribution >= 0.6 is 24.0 Å². The Balaban J connectivity index is 1.67. The molecule has 23 heavy (non-hydrogen) atoms. The second-order valence-electron chi connectivity index (χ2n) is 4.84. The number of amides is 1. The third-order valence-electron chi connectivity index (χ3n) is 3.39. The quantitative estimate of drug-likeness (QED) is 0.617. The Labute approximate surface area is 141 Å². The van der Waals surface area contributed by atoms with Gasteiger partial charge < -0.3 is 9.47 Å². The summed E-state index contributed by atoms with van der Waals surface area (Å²) < 4.78 is 11.1. The summed E-state index contributed by atoms with van der Waals surface area (Å²) in [4.78, 5) is 18.8. The molecule has 1 amide bonds. The smallest absolute Gasteiger partial charge is 0.270 e. The molecule has 0 N–H and O–H groups in total. The Bertz CT molecular complexity index is 836. The van der Waals surface area contributed by atoms with E-state index in [1.165, 1.54) is 16.7 Å². The van der Waals surface area contributed by atoms with Crippen LogP contribution in [0, 0.1) is 0 Å². The minimum Gasteiger partial charge on any atom is -0.454 e. The summed E-state index contributed by atoms with van der Waals surface area (Å²) in [5, 5.41) is 0. The lowest BCUT2D eigenvalue weighted by atomic mass is 10.2. The van der Waals surface area contributed by atoms with Gasteiger partial charge in [-0.15, -0.1) is 0 Å². The predicted octanol–water partition coefficient (Wildman–Crippen LogP) is 3.22. The Hall–Kier alpha value is -2.38. The molecule has 0 aliphatic carbocycles. The number of carbonyl (C=O) groups excluding carboxylic acids is 1. The van der Waals surface area contributed by atoms with Gasteiger partial charge in [0.1, 0.15) is 0 Å². The SMILES string of the molecule is O=C1/C(=C\c2cccnc2)SC(=S)N1c1ccc2c(c1)OCO2. The molecule has 0 atom stereocenters. The first kappa shape index (κ1) is 14.2. The summed E-state index contributed by atoms with van der Waals surface area (Å²) in [5.74, 6) is 1.14. The largest absolute Gasteiger partial charge is 0.454 e. The molecule has 2 aliphatic heterocycles. The average Bonchev–Trinajstić information content (AvgIpc) is 3.13. The van der Waals surface area contributed by atoms with Crippen molar-refractivity contribution in [3.8, 4) is 11.5 Å². The number of carbonyl (C=O) groups is 1. The van der Waals surface area contributed by atoms with E-state index in [-0.39, 0.29) is 12.7 Å². The van der Waals surface area contributed by atoms with Crippen molar-refractivity contribution in [3.05, 3.63) is 53.2 Å². The van der Waals surface area contributed by atoms with Crippen molar-refractivity contribution in [2.24, 2.45) is 0 Å². The number of hydrogen-bond donors (Lipinski definition) is 0. The number of pyridine rings is 1. The third kappa shape index (κ3) is 2.58. The number of benzene rings is 1. The maximum atomic E-state index is 12.7. The number of rotatable bonds is 2. The van der Waals surface area contributed by atoms with E-state index in [4.69, 9.17) is 21.7 Å². The summed E-state index contributed by atoms with van der Waals surface area (Å²) in [6.07, 6.45) is 5.18. The lowest BCUT2D eigenvalue weighted by Crippen LogP contribution is -2.27. The minimum atomic E-state index is -0.150. The van der Waals surface area contributed by atoms with Crippen molar-refractivity contribution in [2.45, 2.75) is 0 Å². The van der Waals surface area contributed by atoms with Crippen LogP contribution in [0.5, 0.6) is 11.5 Å². The molecule has 1 saturated heterocycles. The normalized spacial score (nSPS) is 18.1. The second-order valence-corrected chi connectivity index (χ2v) is 6.52. The highest BCUT2D eigenvalue weighted by atomic mass is 32.2. The number of fused-ring (bicyclic) bond motifs is 1. The van der Waals surface area contributed by atoms with Gasteiger partial charge in [0.25, 0.3) is 5.91 Å². The van der Waals surface area contributed by atoms with Crippen LogP contribution in [-0.2, 0) is 4.79 Å². The van der Waals surface area contributed by atoms with Gasteiger partial charge >= 0.3 is 0 Å². The summed E-state index contributed by atoms with van der Waals surface area (Å²) >= 11 is 6.63. The molecule has 2 aromatic rings. The highest BCUT2D eigenvalue weighted by Crippen LogP contribution is 2.40. The molecule has 1 aromatic heterocycles. The van der Waals surface area contributed by atoms with Gasteiger partial charge in [0.15, 0.2) is 15.8 Å². The average molecular weight is 342 g/mol. The van der Waals surface area contributed by atoms with Gasteiger partial charge in [-0.3, -0.25) is 14.7 Å². The molecule has 2 aliphatic rings. The summed E-state index contributed by atoms with van der Waals surface area (Å²) in [6.45, 7) is 0.193. The van der Waals surface area contributed by atoms with Crippen molar-refractivity contribution < 1.29 is 14.3 Å². The van der Waals surface area contributed by atoms with Crippen LogP contribution in [0.25, 0.3) is 6.08 Å². The molecule has 7 heteroatoms. The van der Waals surface area contributed by atoms with Crippen molar-refractivity contribution in [3.63, 3.8) is 0 Å². The number of thiocarbonyl (C=S) groups is 1. The van der Waals surface area contributed by atoms with Gasteiger partial charge in [0.05, 0.1) is 10.6 Å². The Kier molecular flexibility index (Phi) is 3.51. The molecular formula is C16H10N2O3S2. The summed E-state index contributed by atoms with van der Waals surface area (Å²) in [5.41, 5.74) is 1.53. The zero-order chi connectivity index (χ0) is 15.8. The molecule has 1 aromatic carbocycles. The van der Waals surface area contributed by atoms with E-state index in [1.54, 1.807) is 36.7 Å². The van der Waals surface area contributed by atoms with Gasteiger partial charge in [-0.2, -0.15) is 0 Å². The summed E-state index contributed by atoms with van der Waals surface area (Å²) in [6, 6.07) is 9.05. The maximum absolute atomic E-state index is 12.7. The van der Waals surface area contributed by atoms with E-state index < -0.39 is 0 Å². The zero-order valence-electron chi connectivity index (χ0n) is 11.8. The topological polar surface area (TPSA) is 51.7 Å².